The zero-order chi connectivity index (χ0) is 18.6. The molecule has 5 fully saturated rings. The Bertz CT molecular complexity index is 581. The fourth-order valence-corrected chi connectivity index (χ4v) is 6.30. The smallest absolute Gasteiger partial charge is 0.311 e. The number of hydrogen-bond donors (Lipinski definition) is 0. The Morgan fingerprint density at radius 2 is 1.38 bits per heavy atom. The van der Waals surface area contributed by atoms with Crippen LogP contribution in [0.15, 0.2) is 0 Å². The summed E-state index contributed by atoms with van der Waals surface area (Å²) in [5, 5.41) is 0. The highest BCUT2D eigenvalue weighted by Crippen LogP contribution is 2.58. The van der Waals surface area contributed by atoms with E-state index in [1.807, 2.05) is 0 Å². The zero-order valence-corrected chi connectivity index (χ0v) is 16.6. The van der Waals surface area contributed by atoms with E-state index < -0.39 is 0 Å². The van der Waals surface area contributed by atoms with Gasteiger partial charge in [0.15, 0.2) is 0 Å². The van der Waals surface area contributed by atoms with Gasteiger partial charge in [-0.15, -0.1) is 0 Å². The van der Waals surface area contributed by atoms with E-state index in [0.717, 1.165) is 57.9 Å². The van der Waals surface area contributed by atoms with Gasteiger partial charge in [-0.1, -0.05) is 12.8 Å². The molecule has 0 unspecified atom stereocenters. The molecule has 146 valence electrons. The summed E-state index contributed by atoms with van der Waals surface area (Å²) in [4.78, 5) is 28.0. The maximum Gasteiger partial charge on any atom is 0.311 e. The molecule has 0 N–H and O–H groups in total. The molecule has 1 saturated heterocycles. The van der Waals surface area contributed by atoms with Gasteiger partial charge in [0.2, 0.25) is 5.91 Å². The first-order chi connectivity index (χ1) is 12.2. The molecule has 4 aliphatic carbocycles. The number of carbonyl (C=O) groups is 2. The van der Waals surface area contributed by atoms with Crippen molar-refractivity contribution < 1.29 is 19.1 Å². The minimum atomic E-state index is -0.326. The largest absolute Gasteiger partial charge is 0.469 e. The fraction of sp³-hybridized carbons (Fsp3) is 0.905. The number of hydrogen-bond acceptors (Lipinski definition) is 4. The Hall–Kier alpha value is -1.10. The summed E-state index contributed by atoms with van der Waals surface area (Å²) in [5.41, 5.74) is -1.00. The summed E-state index contributed by atoms with van der Waals surface area (Å²) < 4.78 is 11.5. The first-order valence-corrected chi connectivity index (χ1v) is 10.3. The quantitative estimate of drug-likeness (QED) is 0.705. The summed E-state index contributed by atoms with van der Waals surface area (Å²) in [6, 6.07) is 0. The van der Waals surface area contributed by atoms with Crippen molar-refractivity contribution in [3.8, 4) is 0 Å². The van der Waals surface area contributed by atoms with Gasteiger partial charge in [-0.3, -0.25) is 9.59 Å². The third kappa shape index (κ3) is 2.78. The number of esters is 1. The molecule has 1 heterocycles. The molecule has 0 aromatic heterocycles. The molecule has 1 aliphatic heterocycles. The second-order valence-corrected chi connectivity index (χ2v) is 9.97. The van der Waals surface area contributed by atoms with E-state index in [9.17, 15) is 9.59 Å². The number of nitrogens with zero attached hydrogens (tertiary/aromatic N) is 1. The molecule has 5 rings (SSSR count). The number of ether oxygens (including phenoxy) is 2. The van der Waals surface area contributed by atoms with Crippen LogP contribution in [0, 0.1) is 10.8 Å². The summed E-state index contributed by atoms with van der Waals surface area (Å²) in [6.07, 6.45) is 9.40. The van der Waals surface area contributed by atoms with Crippen LogP contribution < -0.4 is 0 Å². The van der Waals surface area contributed by atoms with Crippen LogP contribution in [0.4, 0.5) is 0 Å². The number of rotatable bonds is 2. The van der Waals surface area contributed by atoms with E-state index in [1.165, 1.54) is 20.0 Å². The van der Waals surface area contributed by atoms with Gasteiger partial charge < -0.3 is 14.4 Å². The van der Waals surface area contributed by atoms with Crippen molar-refractivity contribution in [1.29, 1.82) is 0 Å². The number of morpholine rings is 1. The number of amides is 1. The summed E-state index contributed by atoms with van der Waals surface area (Å²) in [5.74, 6) is 0.244. The van der Waals surface area contributed by atoms with E-state index in [4.69, 9.17) is 9.47 Å². The lowest BCUT2D eigenvalue weighted by molar-refractivity contribution is -0.206. The van der Waals surface area contributed by atoms with Crippen LogP contribution in [0.2, 0.25) is 0 Å². The minimum absolute atomic E-state index is 0.0735. The molecule has 1 spiro atoms. The predicted octanol–water partition coefficient (Wildman–Crippen LogP) is 3.45. The molecule has 1 amide bonds. The lowest BCUT2D eigenvalue weighted by Crippen LogP contribution is -2.63. The van der Waals surface area contributed by atoms with Crippen LogP contribution in [0.3, 0.4) is 0 Å². The number of carbonyl (C=O) groups excluding carboxylic acids is 2. The van der Waals surface area contributed by atoms with E-state index in [0.29, 0.717) is 12.5 Å². The lowest BCUT2D eigenvalue weighted by Gasteiger charge is -2.55. The van der Waals surface area contributed by atoms with Crippen LogP contribution >= 0.6 is 0 Å². The van der Waals surface area contributed by atoms with Gasteiger partial charge in [-0.2, -0.15) is 0 Å². The number of methoxy groups -OCH3 is 1. The molecule has 26 heavy (non-hydrogen) atoms. The van der Waals surface area contributed by atoms with Crippen molar-refractivity contribution in [3.63, 3.8) is 0 Å². The second kappa shape index (κ2) is 5.95. The van der Waals surface area contributed by atoms with Gasteiger partial charge in [0.25, 0.3) is 0 Å². The summed E-state index contributed by atoms with van der Waals surface area (Å²) in [6.45, 7) is 5.67. The molecular weight excluding hydrogens is 330 g/mol. The Morgan fingerprint density at radius 3 is 1.92 bits per heavy atom. The molecule has 5 nitrogen and oxygen atoms in total. The highest BCUT2D eigenvalue weighted by atomic mass is 16.5. The van der Waals surface area contributed by atoms with E-state index in [1.54, 1.807) is 0 Å². The molecule has 5 aliphatic rings. The van der Waals surface area contributed by atoms with Gasteiger partial charge in [-0.25, -0.2) is 0 Å². The predicted molar refractivity (Wildman–Crippen MR) is 97.5 cm³/mol. The van der Waals surface area contributed by atoms with E-state index in [-0.39, 0.29) is 28.0 Å². The van der Waals surface area contributed by atoms with Crippen molar-refractivity contribution in [2.75, 3.05) is 20.2 Å². The maximum absolute atomic E-state index is 13.7. The standard InChI is InChI=1S/C21H33NO4/c1-18(2)14-22(15-21(26-18)6-4-5-7-21)16(23)19-8-11-20(12-9-19,13-10-19)17(24)25-3/h4-15H2,1-3H3. The average Bonchev–Trinajstić information content (AvgIpc) is 3.07. The molecule has 0 aromatic carbocycles. The third-order valence-electron chi connectivity index (χ3n) is 7.66. The summed E-state index contributed by atoms with van der Waals surface area (Å²) >= 11 is 0. The van der Waals surface area contributed by atoms with Crippen LogP contribution in [0.5, 0.6) is 0 Å². The van der Waals surface area contributed by atoms with Gasteiger partial charge in [-0.05, 0) is 65.2 Å². The van der Waals surface area contributed by atoms with Gasteiger partial charge in [0, 0.05) is 18.5 Å². The molecule has 0 atom stereocenters. The fourth-order valence-electron chi connectivity index (χ4n) is 6.30. The zero-order valence-electron chi connectivity index (χ0n) is 16.6. The van der Waals surface area contributed by atoms with E-state index >= 15 is 0 Å². The Labute approximate surface area is 156 Å². The highest BCUT2D eigenvalue weighted by Gasteiger charge is 2.58. The van der Waals surface area contributed by atoms with Gasteiger partial charge >= 0.3 is 5.97 Å². The van der Waals surface area contributed by atoms with Gasteiger partial charge in [0.1, 0.15) is 0 Å². The SMILES string of the molecule is COC(=O)C12CCC(C(=O)N3CC(C)(C)OC4(CCCC4)C3)(CC1)CC2. The normalized spacial score (nSPS) is 37.7. The molecule has 2 bridgehead atoms. The van der Waals surface area contributed by atoms with Crippen molar-refractivity contribution in [1.82, 2.24) is 4.90 Å². The maximum atomic E-state index is 13.7. The van der Waals surface area contributed by atoms with Crippen molar-refractivity contribution in [2.24, 2.45) is 10.8 Å². The van der Waals surface area contributed by atoms with Crippen molar-refractivity contribution in [2.45, 2.75) is 89.3 Å². The van der Waals surface area contributed by atoms with E-state index in [2.05, 4.69) is 18.7 Å². The monoisotopic (exact) mass is 363 g/mol. The molecule has 0 aromatic rings. The van der Waals surface area contributed by atoms with Crippen LogP contribution in [0.1, 0.15) is 78.1 Å². The Balaban J connectivity index is 1.52. The topological polar surface area (TPSA) is 55.8 Å². The summed E-state index contributed by atoms with van der Waals surface area (Å²) in [7, 11) is 1.48. The van der Waals surface area contributed by atoms with Crippen LogP contribution in [-0.2, 0) is 19.1 Å². The average molecular weight is 363 g/mol. The highest BCUT2D eigenvalue weighted by molar-refractivity contribution is 5.85. The number of fused-ring (bicyclic) bond motifs is 3. The Kier molecular flexibility index (Phi) is 4.18. The van der Waals surface area contributed by atoms with Crippen LogP contribution in [-0.4, -0.2) is 48.2 Å². The first kappa shape index (κ1) is 18.3. The van der Waals surface area contributed by atoms with Crippen molar-refractivity contribution >= 4 is 11.9 Å². The van der Waals surface area contributed by atoms with Gasteiger partial charge in [0.05, 0.1) is 23.7 Å². The molecular formula is C21H33NO4. The molecule has 0 radical (unpaired) electrons. The third-order valence-corrected chi connectivity index (χ3v) is 7.66. The molecule has 5 heteroatoms. The van der Waals surface area contributed by atoms with Crippen LogP contribution in [0.25, 0.3) is 0 Å². The Morgan fingerprint density at radius 1 is 0.846 bits per heavy atom. The minimum Gasteiger partial charge on any atom is -0.469 e. The lowest BCUT2D eigenvalue weighted by atomic mass is 9.53. The second-order valence-electron chi connectivity index (χ2n) is 9.97. The van der Waals surface area contributed by atoms with Crippen molar-refractivity contribution in [3.05, 3.63) is 0 Å². The first-order valence-electron chi connectivity index (χ1n) is 10.3. The molecule has 4 saturated carbocycles.